The van der Waals surface area contributed by atoms with Crippen LogP contribution in [0.15, 0.2) is 41.3 Å². The Labute approximate surface area is 144 Å². The summed E-state index contributed by atoms with van der Waals surface area (Å²) in [7, 11) is 0. The van der Waals surface area contributed by atoms with E-state index in [0.29, 0.717) is 16.9 Å². The Morgan fingerprint density at radius 3 is 2.71 bits per heavy atom. The predicted octanol–water partition coefficient (Wildman–Crippen LogP) is 2.88. The highest BCUT2D eigenvalue weighted by atomic mass is 35.5. The Morgan fingerprint density at radius 2 is 2.04 bits per heavy atom. The summed E-state index contributed by atoms with van der Waals surface area (Å²) in [6, 6.07) is 9.46. The summed E-state index contributed by atoms with van der Waals surface area (Å²) in [5.41, 5.74) is -1.78. The summed E-state index contributed by atoms with van der Waals surface area (Å²) in [6.07, 6.45) is 1.58. The van der Waals surface area contributed by atoms with Gasteiger partial charge in [0.15, 0.2) is 0 Å². The molecular formula is C18H17ClN2O3. The second-order valence-corrected chi connectivity index (χ2v) is 7.00. The number of pyridine rings is 1. The molecule has 2 unspecified atom stereocenters. The molecule has 0 saturated carbocycles. The predicted molar refractivity (Wildman–Crippen MR) is 90.3 cm³/mol. The summed E-state index contributed by atoms with van der Waals surface area (Å²) in [5.74, 6) is 0.530. The van der Waals surface area contributed by atoms with E-state index >= 15 is 0 Å². The van der Waals surface area contributed by atoms with Crippen LogP contribution in [0.3, 0.4) is 0 Å². The summed E-state index contributed by atoms with van der Waals surface area (Å²) in [5, 5.41) is 20.5. The van der Waals surface area contributed by atoms with Crippen LogP contribution in [-0.4, -0.2) is 20.9 Å². The van der Waals surface area contributed by atoms with Gasteiger partial charge in [0.1, 0.15) is 22.0 Å². The number of halogens is 1. The standard InChI is InChI=1S/C18H17ClN2O3/c1-17(2)18(3,23)15(21-8-4-5-13(19)16(21)22)12-9-11(10-20)6-7-14(12)24-17/h4-9,15,23H,1-3H3. The molecule has 6 heteroatoms. The van der Waals surface area contributed by atoms with Crippen molar-refractivity contribution >= 4 is 11.6 Å². The minimum Gasteiger partial charge on any atom is -0.484 e. The number of ether oxygens (including phenoxy) is 1. The number of rotatable bonds is 1. The molecule has 124 valence electrons. The largest absolute Gasteiger partial charge is 0.484 e. The van der Waals surface area contributed by atoms with Crippen molar-refractivity contribution in [3.63, 3.8) is 0 Å². The Hall–Kier alpha value is -2.29. The first-order valence-corrected chi connectivity index (χ1v) is 7.89. The van der Waals surface area contributed by atoms with E-state index < -0.39 is 22.8 Å². The lowest BCUT2D eigenvalue weighted by molar-refractivity contribution is -0.139. The fourth-order valence-corrected chi connectivity index (χ4v) is 3.21. The van der Waals surface area contributed by atoms with Crippen LogP contribution in [0.5, 0.6) is 5.75 Å². The molecule has 1 N–H and O–H groups in total. The van der Waals surface area contributed by atoms with E-state index in [0.717, 1.165) is 0 Å². The van der Waals surface area contributed by atoms with Gasteiger partial charge >= 0.3 is 0 Å². The first-order chi connectivity index (χ1) is 11.2. The van der Waals surface area contributed by atoms with E-state index in [4.69, 9.17) is 16.3 Å². The third-order valence-electron chi connectivity index (χ3n) is 4.76. The maximum atomic E-state index is 12.5. The van der Waals surface area contributed by atoms with Gasteiger partial charge in [-0.3, -0.25) is 4.79 Å². The monoisotopic (exact) mass is 344 g/mol. The van der Waals surface area contributed by atoms with Crippen molar-refractivity contribution in [1.82, 2.24) is 4.57 Å². The molecule has 2 atom stereocenters. The average Bonchev–Trinajstić information content (AvgIpc) is 2.51. The first-order valence-electron chi connectivity index (χ1n) is 7.51. The maximum Gasteiger partial charge on any atom is 0.269 e. The number of aliphatic hydroxyl groups is 1. The Kier molecular flexibility index (Phi) is 3.71. The molecule has 24 heavy (non-hydrogen) atoms. The second-order valence-electron chi connectivity index (χ2n) is 6.60. The molecule has 1 aromatic carbocycles. The van der Waals surface area contributed by atoms with Gasteiger partial charge in [0.25, 0.3) is 5.56 Å². The third-order valence-corrected chi connectivity index (χ3v) is 5.04. The van der Waals surface area contributed by atoms with Crippen LogP contribution < -0.4 is 10.3 Å². The zero-order valence-corrected chi connectivity index (χ0v) is 14.3. The van der Waals surface area contributed by atoms with Gasteiger partial charge in [-0.1, -0.05) is 11.6 Å². The highest BCUT2D eigenvalue weighted by Gasteiger charge is 2.53. The lowest BCUT2D eigenvalue weighted by Crippen LogP contribution is -2.60. The van der Waals surface area contributed by atoms with Crippen molar-refractivity contribution in [2.45, 2.75) is 38.0 Å². The third kappa shape index (κ3) is 2.31. The van der Waals surface area contributed by atoms with E-state index in [9.17, 15) is 15.2 Å². The van der Waals surface area contributed by atoms with Crippen molar-refractivity contribution in [2.75, 3.05) is 0 Å². The summed E-state index contributed by atoms with van der Waals surface area (Å²) >= 11 is 5.98. The molecular weight excluding hydrogens is 328 g/mol. The normalized spacial score (nSPS) is 24.6. The van der Waals surface area contributed by atoms with Crippen molar-refractivity contribution < 1.29 is 9.84 Å². The molecule has 1 aliphatic heterocycles. The topological polar surface area (TPSA) is 75.2 Å². The van der Waals surface area contributed by atoms with Gasteiger partial charge in [0.2, 0.25) is 0 Å². The van der Waals surface area contributed by atoms with Gasteiger partial charge in [0, 0.05) is 11.8 Å². The molecule has 0 bridgehead atoms. The molecule has 0 saturated heterocycles. The Balaban J connectivity index is 2.35. The molecule has 3 rings (SSSR count). The van der Waals surface area contributed by atoms with Crippen LogP contribution in [0.2, 0.25) is 5.02 Å². The zero-order chi connectivity index (χ0) is 17.7. The van der Waals surface area contributed by atoms with Gasteiger partial charge in [-0.25, -0.2) is 0 Å². The van der Waals surface area contributed by atoms with Crippen molar-refractivity contribution in [3.8, 4) is 11.8 Å². The van der Waals surface area contributed by atoms with Crippen molar-refractivity contribution in [1.29, 1.82) is 5.26 Å². The van der Waals surface area contributed by atoms with Gasteiger partial charge in [0.05, 0.1) is 17.7 Å². The molecule has 1 aliphatic rings. The SMILES string of the molecule is CC1(C)Oc2ccc(C#N)cc2C(n2cccc(Cl)c2=O)C1(C)O. The van der Waals surface area contributed by atoms with Crippen LogP contribution in [-0.2, 0) is 0 Å². The summed E-state index contributed by atoms with van der Waals surface area (Å²) in [4.78, 5) is 12.5. The van der Waals surface area contributed by atoms with E-state index in [1.807, 2.05) is 0 Å². The number of fused-ring (bicyclic) bond motifs is 1. The fraction of sp³-hybridized carbons (Fsp3) is 0.333. The van der Waals surface area contributed by atoms with Gasteiger partial charge < -0.3 is 14.4 Å². The van der Waals surface area contributed by atoms with Crippen LogP contribution in [0.1, 0.15) is 37.9 Å². The minimum atomic E-state index is -1.41. The molecule has 0 radical (unpaired) electrons. The Morgan fingerprint density at radius 1 is 1.33 bits per heavy atom. The number of nitriles is 1. The zero-order valence-electron chi connectivity index (χ0n) is 13.6. The lowest BCUT2D eigenvalue weighted by Gasteiger charge is -2.49. The average molecular weight is 345 g/mol. The van der Waals surface area contributed by atoms with E-state index in [-0.39, 0.29) is 5.02 Å². The smallest absolute Gasteiger partial charge is 0.269 e. The van der Waals surface area contributed by atoms with Gasteiger partial charge in [-0.2, -0.15) is 5.26 Å². The maximum absolute atomic E-state index is 12.5. The van der Waals surface area contributed by atoms with Crippen molar-refractivity contribution in [2.24, 2.45) is 0 Å². The highest BCUT2D eigenvalue weighted by molar-refractivity contribution is 6.30. The minimum absolute atomic E-state index is 0.0654. The number of nitrogens with zero attached hydrogens (tertiary/aromatic N) is 2. The molecule has 1 aromatic heterocycles. The lowest BCUT2D eigenvalue weighted by atomic mass is 9.75. The van der Waals surface area contributed by atoms with Crippen LogP contribution >= 0.6 is 11.6 Å². The summed E-state index contributed by atoms with van der Waals surface area (Å²) in [6.45, 7) is 5.14. The van der Waals surface area contributed by atoms with Crippen molar-refractivity contribution in [3.05, 3.63) is 63.0 Å². The Bertz CT molecular complexity index is 909. The molecule has 5 nitrogen and oxygen atoms in total. The molecule has 0 amide bonds. The fourth-order valence-electron chi connectivity index (χ4n) is 3.04. The van der Waals surface area contributed by atoms with Crippen LogP contribution in [0.25, 0.3) is 0 Å². The highest BCUT2D eigenvalue weighted by Crippen LogP contribution is 2.47. The van der Waals surface area contributed by atoms with E-state index in [1.165, 1.54) is 10.6 Å². The van der Waals surface area contributed by atoms with E-state index in [1.54, 1.807) is 51.2 Å². The molecule has 0 fully saturated rings. The molecule has 0 spiro atoms. The number of aromatic nitrogens is 1. The molecule has 2 aromatic rings. The number of benzene rings is 1. The first kappa shape index (κ1) is 16.6. The van der Waals surface area contributed by atoms with Gasteiger partial charge in [-0.15, -0.1) is 0 Å². The van der Waals surface area contributed by atoms with Crippen LogP contribution in [0, 0.1) is 11.3 Å². The van der Waals surface area contributed by atoms with Gasteiger partial charge in [-0.05, 0) is 51.1 Å². The number of hydrogen-bond acceptors (Lipinski definition) is 4. The second kappa shape index (κ2) is 5.37. The molecule has 0 aliphatic carbocycles. The van der Waals surface area contributed by atoms with Crippen LogP contribution in [0.4, 0.5) is 0 Å². The summed E-state index contributed by atoms with van der Waals surface area (Å²) < 4.78 is 7.34. The molecule has 2 heterocycles. The van der Waals surface area contributed by atoms with E-state index in [2.05, 4.69) is 6.07 Å². The number of hydrogen-bond donors (Lipinski definition) is 1. The quantitative estimate of drug-likeness (QED) is 0.863.